The van der Waals surface area contributed by atoms with Gasteiger partial charge in [0.1, 0.15) is 0 Å². The summed E-state index contributed by atoms with van der Waals surface area (Å²) < 4.78 is 4.70. The summed E-state index contributed by atoms with van der Waals surface area (Å²) in [5, 5.41) is 9.89. The van der Waals surface area contributed by atoms with Gasteiger partial charge in [-0.25, -0.2) is 0 Å². The van der Waals surface area contributed by atoms with Crippen LogP contribution in [0.3, 0.4) is 0 Å². The molecule has 0 aromatic rings. The molecule has 1 aliphatic rings. The Bertz CT molecular complexity index is 215. The number of aliphatic hydroxyl groups excluding tert-OH is 1. The Morgan fingerprint density at radius 1 is 1.38 bits per heavy atom. The van der Waals surface area contributed by atoms with Crippen molar-refractivity contribution in [2.75, 3.05) is 7.11 Å². The van der Waals surface area contributed by atoms with Crippen molar-refractivity contribution in [2.24, 2.45) is 11.8 Å². The normalized spacial score (nSPS) is 29.3. The topological polar surface area (TPSA) is 46.5 Å². The van der Waals surface area contributed by atoms with Crippen molar-refractivity contribution in [2.45, 2.75) is 58.0 Å². The van der Waals surface area contributed by atoms with Crippen molar-refractivity contribution < 1.29 is 14.6 Å². The molecule has 1 rings (SSSR count). The highest BCUT2D eigenvalue weighted by Crippen LogP contribution is 2.37. The van der Waals surface area contributed by atoms with Gasteiger partial charge in [0.15, 0.2) is 0 Å². The third kappa shape index (κ3) is 3.78. The van der Waals surface area contributed by atoms with E-state index in [0.29, 0.717) is 18.3 Å². The number of esters is 1. The molecule has 3 heteroatoms. The minimum absolute atomic E-state index is 0.139. The maximum Gasteiger partial charge on any atom is 0.305 e. The first kappa shape index (κ1) is 13.5. The van der Waals surface area contributed by atoms with E-state index in [-0.39, 0.29) is 12.1 Å². The zero-order valence-corrected chi connectivity index (χ0v) is 10.4. The minimum Gasteiger partial charge on any atom is -0.469 e. The van der Waals surface area contributed by atoms with Crippen molar-refractivity contribution in [1.82, 2.24) is 0 Å². The van der Waals surface area contributed by atoms with Crippen LogP contribution in [0.15, 0.2) is 0 Å². The van der Waals surface area contributed by atoms with Gasteiger partial charge in [0.25, 0.3) is 0 Å². The number of hydrogen-bond donors (Lipinski definition) is 1. The predicted octanol–water partition coefficient (Wildman–Crippen LogP) is 2.52. The number of unbranched alkanes of at least 4 members (excludes halogenated alkanes) is 2. The molecule has 0 bridgehead atoms. The highest BCUT2D eigenvalue weighted by molar-refractivity contribution is 5.69. The van der Waals surface area contributed by atoms with Crippen LogP contribution in [0.5, 0.6) is 0 Å². The van der Waals surface area contributed by atoms with Crippen LogP contribution >= 0.6 is 0 Å². The Labute approximate surface area is 98.2 Å². The Kier molecular flexibility index (Phi) is 5.81. The number of rotatable bonds is 6. The minimum atomic E-state index is -0.202. The van der Waals surface area contributed by atoms with E-state index in [0.717, 1.165) is 25.7 Å². The molecule has 1 N–H and O–H groups in total. The lowest BCUT2D eigenvalue weighted by Gasteiger charge is -2.21. The molecular weight excluding hydrogens is 204 g/mol. The summed E-state index contributed by atoms with van der Waals surface area (Å²) in [6, 6.07) is 0. The third-order valence-electron chi connectivity index (χ3n) is 3.73. The van der Waals surface area contributed by atoms with E-state index in [4.69, 9.17) is 4.74 Å². The first-order valence-electron chi connectivity index (χ1n) is 6.44. The monoisotopic (exact) mass is 228 g/mol. The second kappa shape index (κ2) is 6.89. The SMILES string of the molecule is CCCCC[C@@H]1[C@H](CC(=O)OC)CC[C@@H]1O. The molecule has 0 amide bonds. The lowest BCUT2D eigenvalue weighted by Crippen LogP contribution is -2.21. The van der Waals surface area contributed by atoms with Gasteiger partial charge in [-0.1, -0.05) is 26.2 Å². The second-order valence-corrected chi connectivity index (χ2v) is 4.84. The Morgan fingerprint density at radius 3 is 2.75 bits per heavy atom. The van der Waals surface area contributed by atoms with E-state index in [1.165, 1.54) is 20.0 Å². The zero-order chi connectivity index (χ0) is 12.0. The fourth-order valence-corrected chi connectivity index (χ4v) is 2.74. The number of hydrogen-bond acceptors (Lipinski definition) is 3. The predicted molar refractivity (Wildman–Crippen MR) is 63.0 cm³/mol. The first-order chi connectivity index (χ1) is 7.69. The van der Waals surface area contributed by atoms with Crippen LogP contribution in [0.4, 0.5) is 0 Å². The summed E-state index contributed by atoms with van der Waals surface area (Å²) in [5.74, 6) is 0.504. The molecule has 3 nitrogen and oxygen atoms in total. The van der Waals surface area contributed by atoms with E-state index in [1.54, 1.807) is 0 Å². The van der Waals surface area contributed by atoms with Crippen LogP contribution in [0.2, 0.25) is 0 Å². The standard InChI is InChI=1S/C13H24O3/c1-3-4-5-6-11-10(7-8-12(11)14)9-13(15)16-2/h10-12,14H,3-9H2,1-2H3/t10-,11+,12-/m0/s1. The van der Waals surface area contributed by atoms with Crippen molar-refractivity contribution in [3.63, 3.8) is 0 Å². The molecule has 0 spiro atoms. The highest BCUT2D eigenvalue weighted by Gasteiger charge is 2.35. The first-order valence-corrected chi connectivity index (χ1v) is 6.44. The van der Waals surface area contributed by atoms with Gasteiger partial charge >= 0.3 is 5.97 Å². The van der Waals surface area contributed by atoms with Crippen LogP contribution in [0.25, 0.3) is 0 Å². The molecule has 1 fully saturated rings. The number of aliphatic hydroxyl groups is 1. The van der Waals surface area contributed by atoms with Gasteiger partial charge in [-0.3, -0.25) is 4.79 Å². The average Bonchev–Trinajstić information content (AvgIpc) is 2.61. The van der Waals surface area contributed by atoms with Gasteiger partial charge in [0.2, 0.25) is 0 Å². The molecule has 1 aliphatic carbocycles. The summed E-state index contributed by atoms with van der Waals surface area (Å²) in [6.07, 6.45) is 6.72. The summed E-state index contributed by atoms with van der Waals surface area (Å²) in [7, 11) is 1.43. The van der Waals surface area contributed by atoms with Gasteiger partial charge in [0, 0.05) is 6.42 Å². The average molecular weight is 228 g/mol. The molecule has 3 atom stereocenters. The molecule has 0 aromatic carbocycles. The zero-order valence-electron chi connectivity index (χ0n) is 10.4. The maximum atomic E-state index is 11.2. The Morgan fingerprint density at radius 2 is 2.12 bits per heavy atom. The van der Waals surface area contributed by atoms with Gasteiger partial charge < -0.3 is 9.84 Å². The van der Waals surface area contributed by atoms with E-state index in [2.05, 4.69) is 6.92 Å². The second-order valence-electron chi connectivity index (χ2n) is 4.84. The Hall–Kier alpha value is -0.570. The van der Waals surface area contributed by atoms with Crippen LogP contribution in [0.1, 0.15) is 51.9 Å². The van der Waals surface area contributed by atoms with Crippen molar-refractivity contribution in [3.05, 3.63) is 0 Å². The molecule has 0 unspecified atom stereocenters. The molecule has 0 aromatic heterocycles. The van der Waals surface area contributed by atoms with Crippen LogP contribution in [-0.4, -0.2) is 24.3 Å². The largest absolute Gasteiger partial charge is 0.469 e. The van der Waals surface area contributed by atoms with Crippen molar-refractivity contribution >= 4 is 5.97 Å². The summed E-state index contributed by atoms with van der Waals surface area (Å²) >= 11 is 0. The number of methoxy groups -OCH3 is 1. The van der Waals surface area contributed by atoms with Crippen molar-refractivity contribution in [1.29, 1.82) is 0 Å². The number of ether oxygens (including phenoxy) is 1. The number of carbonyl (C=O) groups excluding carboxylic acids is 1. The quantitative estimate of drug-likeness (QED) is 0.561. The fraction of sp³-hybridized carbons (Fsp3) is 0.923. The van der Waals surface area contributed by atoms with Crippen LogP contribution in [-0.2, 0) is 9.53 Å². The Balaban J connectivity index is 2.39. The molecular formula is C13H24O3. The van der Waals surface area contributed by atoms with Gasteiger partial charge in [0.05, 0.1) is 13.2 Å². The lowest BCUT2D eigenvalue weighted by atomic mass is 9.87. The molecule has 94 valence electrons. The molecule has 1 saturated carbocycles. The summed E-state index contributed by atoms with van der Waals surface area (Å²) in [5.41, 5.74) is 0. The molecule has 0 aliphatic heterocycles. The molecule has 0 radical (unpaired) electrons. The van der Waals surface area contributed by atoms with Crippen LogP contribution in [0, 0.1) is 11.8 Å². The third-order valence-corrected chi connectivity index (χ3v) is 3.73. The smallest absolute Gasteiger partial charge is 0.305 e. The maximum absolute atomic E-state index is 11.2. The molecule has 0 saturated heterocycles. The molecule has 16 heavy (non-hydrogen) atoms. The van der Waals surface area contributed by atoms with Gasteiger partial charge in [-0.15, -0.1) is 0 Å². The van der Waals surface area contributed by atoms with Crippen LogP contribution < -0.4 is 0 Å². The van der Waals surface area contributed by atoms with E-state index < -0.39 is 0 Å². The van der Waals surface area contributed by atoms with Gasteiger partial charge in [-0.2, -0.15) is 0 Å². The summed E-state index contributed by atoms with van der Waals surface area (Å²) in [6.45, 7) is 2.18. The highest BCUT2D eigenvalue weighted by atomic mass is 16.5. The summed E-state index contributed by atoms with van der Waals surface area (Å²) in [4.78, 5) is 11.2. The fourth-order valence-electron chi connectivity index (χ4n) is 2.74. The lowest BCUT2D eigenvalue weighted by molar-refractivity contribution is -0.142. The van der Waals surface area contributed by atoms with E-state index >= 15 is 0 Å². The number of carbonyl (C=O) groups is 1. The molecule has 0 heterocycles. The van der Waals surface area contributed by atoms with Gasteiger partial charge in [-0.05, 0) is 31.1 Å². The van der Waals surface area contributed by atoms with Crippen molar-refractivity contribution in [3.8, 4) is 0 Å². The van der Waals surface area contributed by atoms with E-state index in [9.17, 15) is 9.90 Å². The van der Waals surface area contributed by atoms with E-state index in [1.807, 2.05) is 0 Å².